The maximum atomic E-state index is 9.54. The molecule has 12 nitrogen and oxygen atoms in total. The van der Waals surface area contributed by atoms with Gasteiger partial charge in [0.15, 0.2) is 0 Å². The van der Waals surface area contributed by atoms with Gasteiger partial charge in [-0.15, -0.1) is 70.8 Å². The predicted molar refractivity (Wildman–Crippen MR) is 462 cm³/mol. The third-order valence-corrected chi connectivity index (χ3v) is 19.5. The normalized spacial score (nSPS) is 12.1. The number of fused-ring (bicyclic) bond motifs is 6. The number of aliphatic hydroxyl groups excluding tert-OH is 4. The molecular weight excluding hydrogens is 1760 g/mol. The summed E-state index contributed by atoms with van der Waals surface area (Å²) in [6, 6.07) is 97.5. The summed E-state index contributed by atoms with van der Waals surface area (Å²) in [7, 11) is 0. The van der Waals surface area contributed by atoms with Gasteiger partial charge in [-0.2, -0.15) is 0 Å². The van der Waals surface area contributed by atoms with Crippen LogP contribution in [0, 0.1) is 65.5 Å². The number of nitrogens with zero attached hydrogens (tertiary/aromatic N) is 8. The van der Waals surface area contributed by atoms with Gasteiger partial charge in [0.2, 0.25) is 0 Å². The monoisotopic (exact) mass is 1860 g/mol. The Kier molecular flexibility index (Phi) is 30.4. The molecule has 0 aliphatic carbocycles. The molecule has 4 unspecified atom stereocenters. The van der Waals surface area contributed by atoms with Gasteiger partial charge in [-0.25, -0.2) is 15.0 Å². The molecule has 0 saturated carbocycles. The van der Waals surface area contributed by atoms with Crippen molar-refractivity contribution in [3.8, 4) is 90.2 Å². The molecule has 11 aromatic carbocycles. The van der Waals surface area contributed by atoms with Crippen molar-refractivity contribution in [3.05, 3.63) is 325 Å². The molecule has 4 atom stereocenters. The minimum atomic E-state index is -0.375. The second-order valence-electron chi connectivity index (χ2n) is 30.1. The Labute approximate surface area is 698 Å². The van der Waals surface area contributed by atoms with E-state index in [1.165, 1.54) is 71.4 Å². The van der Waals surface area contributed by atoms with Crippen LogP contribution >= 0.6 is 0 Å². The molecule has 0 fully saturated rings. The number of aryl methyl sites for hydroxylation is 6. The van der Waals surface area contributed by atoms with E-state index in [0.717, 1.165) is 109 Å². The fourth-order valence-corrected chi connectivity index (χ4v) is 14.9. The number of aromatic nitrogens is 8. The van der Waals surface area contributed by atoms with Crippen LogP contribution in [0.5, 0.6) is 0 Å². The maximum absolute atomic E-state index is 9.54. The molecule has 16 rings (SSSR count). The first-order valence-electron chi connectivity index (χ1n) is 38.7. The summed E-state index contributed by atoms with van der Waals surface area (Å²) >= 11 is 0. The molecule has 0 spiro atoms. The van der Waals surface area contributed by atoms with Crippen LogP contribution in [0.15, 0.2) is 280 Å². The zero-order valence-corrected chi connectivity index (χ0v) is 71.7. The van der Waals surface area contributed by atoms with Gasteiger partial charge in [-0.3, -0.25) is 9.97 Å². The summed E-state index contributed by atoms with van der Waals surface area (Å²) in [4.78, 5) is 28.1. The molecule has 14 heteroatoms. The van der Waals surface area contributed by atoms with Crippen LogP contribution in [0.2, 0.25) is 0 Å². The smallest absolute Gasteiger partial charge is 0.116 e. The van der Waals surface area contributed by atoms with Gasteiger partial charge >= 0.3 is 0 Å². The first kappa shape index (κ1) is 85.8. The first-order chi connectivity index (χ1) is 54.1. The van der Waals surface area contributed by atoms with Crippen LogP contribution in [0.4, 0.5) is 0 Å². The average Bonchev–Trinajstić information content (AvgIpc) is 1.61. The molecule has 0 amide bonds. The number of para-hydroxylation sites is 4. The van der Waals surface area contributed by atoms with Crippen molar-refractivity contribution < 1.29 is 60.6 Å². The van der Waals surface area contributed by atoms with E-state index < -0.39 is 0 Å². The minimum Gasteiger partial charge on any atom is -0.393 e. The topological polar surface area (TPSA) is 168 Å². The van der Waals surface area contributed by atoms with Crippen LogP contribution in [0.1, 0.15) is 101 Å². The van der Waals surface area contributed by atoms with Crippen LogP contribution in [-0.2, 0) is 40.2 Å². The number of benzene rings is 11. The quantitative estimate of drug-likeness (QED) is 0.0644. The standard InChI is InChI=1S/C40H26N4.C28H27N2.C16H11N2.C11H24O2.C5H12O2.2Ir/c1-5-19-37-31(15-1)32-16-2-6-20-38(32)43(37)29-13-9-11-27(23-29)35-25-36(42-26-41-35)28-12-10-14-30(24-28)44-39-21-7-3-17-33(39)34-18-4-8-22-40(34)44;1-17-10-18(2)13-23(12-17)27-28(24-14-19(3)11-20(4)15-24)30-25(16-29-27)26-21(5)8-7-9-22(26)6;1-3-7-13(8-4-1)15-11-16(18-12-17-15)14-9-5-2-6-10-14;1-8(2)5-10(12)7-11(13)6-9(3)4;1-4(6)3-5(2)7;;/h1-26H;7-12,14-16H,1-6H3;1-9,11-12H;8-13H,5-7H2,1-4H3;4-7H,3H2,1-2H3;;/q;2*-1;;;;. The van der Waals surface area contributed by atoms with Crippen molar-refractivity contribution in [1.82, 2.24) is 39.0 Å². The van der Waals surface area contributed by atoms with Crippen molar-refractivity contribution >= 4 is 43.6 Å². The molecule has 16 aromatic rings. The van der Waals surface area contributed by atoms with Gasteiger partial charge in [0.1, 0.15) is 12.7 Å². The Balaban J connectivity index is 0.000000170. The molecule has 0 saturated heterocycles. The summed E-state index contributed by atoms with van der Waals surface area (Å²) in [5.41, 5.74) is 27.9. The molecular formula is C100H100Ir2N8O4-2. The fourth-order valence-electron chi connectivity index (χ4n) is 14.9. The van der Waals surface area contributed by atoms with Crippen LogP contribution in [-0.4, -0.2) is 83.9 Å². The van der Waals surface area contributed by atoms with Crippen LogP contribution in [0.3, 0.4) is 0 Å². The summed E-state index contributed by atoms with van der Waals surface area (Å²) < 4.78 is 4.68. The van der Waals surface area contributed by atoms with E-state index >= 15 is 0 Å². The summed E-state index contributed by atoms with van der Waals surface area (Å²) in [5.74, 6) is 1.00. The van der Waals surface area contributed by atoms with Gasteiger partial charge in [0.05, 0.1) is 75.0 Å². The summed E-state index contributed by atoms with van der Waals surface area (Å²) in [5, 5.41) is 41.2. The number of aliphatic hydroxyl groups is 4. The van der Waals surface area contributed by atoms with Crippen molar-refractivity contribution in [2.24, 2.45) is 11.8 Å². The van der Waals surface area contributed by atoms with Crippen molar-refractivity contribution in [2.45, 2.75) is 133 Å². The van der Waals surface area contributed by atoms with E-state index in [4.69, 9.17) is 30.1 Å². The van der Waals surface area contributed by atoms with E-state index in [9.17, 15) is 10.2 Å². The molecule has 584 valence electrons. The Morgan fingerprint density at radius 1 is 0.342 bits per heavy atom. The van der Waals surface area contributed by atoms with E-state index in [2.05, 4.69) is 301 Å². The molecule has 4 N–H and O–H groups in total. The second-order valence-corrected chi connectivity index (χ2v) is 30.1. The largest absolute Gasteiger partial charge is 0.393 e. The number of hydrogen-bond donors (Lipinski definition) is 4. The Bertz CT molecular complexity index is 5430. The summed E-state index contributed by atoms with van der Waals surface area (Å²) in [6.45, 7) is 24.3. The molecule has 2 radical (unpaired) electrons. The zero-order valence-electron chi connectivity index (χ0n) is 66.9. The molecule has 0 bridgehead atoms. The molecule has 114 heavy (non-hydrogen) atoms. The van der Waals surface area contributed by atoms with Crippen LogP contribution < -0.4 is 0 Å². The third-order valence-electron chi connectivity index (χ3n) is 19.5. The average molecular weight is 1860 g/mol. The van der Waals surface area contributed by atoms with Crippen molar-refractivity contribution in [1.29, 1.82) is 0 Å². The first-order valence-corrected chi connectivity index (χ1v) is 38.7. The van der Waals surface area contributed by atoms with Gasteiger partial charge in [0.25, 0.3) is 0 Å². The Hall–Kier alpha value is -10.6. The van der Waals surface area contributed by atoms with E-state index in [-0.39, 0.29) is 64.6 Å². The minimum absolute atomic E-state index is 0. The van der Waals surface area contributed by atoms with Gasteiger partial charge < -0.3 is 34.5 Å². The molecule has 5 heterocycles. The fraction of sp³-hybridized carbons (Fsp3) is 0.220. The maximum Gasteiger partial charge on any atom is 0.116 e. The van der Waals surface area contributed by atoms with Gasteiger partial charge in [-0.1, -0.05) is 223 Å². The Morgan fingerprint density at radius 3 is 1.21 bits per heavy atom. The Morgan fingerprint density at radius 2 is 0.763 bits per heavy atom. The second kappa shape index (κ2) is 40.4. The van der Waals surface area contributed by atoms with E-state index in [1.54, 1.807) is 26.5 Å². The number of rotatable bonds is 17. The van der Waals surface area contributed by atoms with E-state index in [1.807, 2.05) is 66.9 Å². The summed E-state index contributed by atoms with van der Waals surface area (Å²) in [6.07, 6.45) is 6.31. The predicted octanol–water partition coefficient (Wildman–Crippen LogP) is 23.1. The molecule has 5 aromatic heterocycles. The van der Waals surface area contributed by atoms with Gasteiger partial charge in [-0.05, 0) is 162 Å². The SMILES string of the molecule is CC(C)CC(O)CC(O)CC(C)C.CC(O)CC(C)O.Cc1[c-]c(-c2ncc(-c3c(C)cccc3C)nc2-c2cc(C)cc(C)c2)cc(C)c1.[Ir].[Ir].[c-]1ccccc1-c1cc(-c2ccccc2)ncn1.c1cc(-c2cc(-c3cccc(-n4c5ccccc5c5ccccc54)c3)ncn2)cc(-n2c3ccccc3c3ccccc32)c1. The molecule has 0 aliphatic rings. The zero-order chi connectivity index (χ0) is 79.0. The van der Waals surface area contributed by atoms with Crippen LogP contribution in [0.25, 0.3) is 134 Å². The number of hydrogen-bond acceptors (Lipinski definition) is 10. The molecule has 0 aliphatic heterocycles. The van der Waals surface area contributed by atoms with Gasteiger partial charge in [0, 0.05) is 102 Å². The van der Waals surface area contributed by atoms with E-state index in [0.29, 0.717) is 24.7 Å². The van der Waals surface area contributed by atoms with Crippen molar-refractivity contribution in [2.75, 3.05) is 0 Å². The van der Waals surface area contributed by atoms with Crippen molar-refractivity contribution in [3.63, 3.8) is 0 Å². The third kappa shape index (κ3) is 21.8.